The largest absolute Gasteiger partial charge is 2.00 e. The summed E-state index contributed by atoms with van der Waals surface area (Å²) in [5.74, 6) is -1.32. The minimum absolute atomic E-state index is 0. The fourth-order valence-electron chi connectivity index (χ4n) is 7.62. The summed E-state index contributed by atoms with van der Waals surface area (Å²) in [6.45, 7) is 3.39. The van der Waals surface area contributed by atoms with Crippen molar-refractivity contribution in [2.45, 2.75) is 36.5 Å². The number of phenols is 1. The van der Waals surface area contributed by atoms with Crippen LogP contribution in [0.2, 0.25) is 10.0 Å². The first-order valence-electron chi connectivity index (χ1n) is 22.0. The topological polar surface area (TPSA) is 284 Å². The summed E-state index contributed by atoms with van der Waals surface area (Å²) >= 11 is 12.2. The average molecular weight is 1220 g/mol. The van der Waals surface area contributed by atoms with Crippen molar-refractivity contribution in [3.8, 4) is 23.0 Å². The standard InChI is InChI=1S/2C26H22ClN3O6S.Ba/c2*1-3-15-11-18(14-22(27)25(15)37(33,34)35)29-30-23-20-10-5-4-7-16(20)12-21(24(23)31)26(32)28-17-8-6-9-19(13-17)36-2;/h2*4-14,31H,3H2,1-2H3,(H,28,32)(H,33,34,35);/q;;+2/p-2. The molecule has 0 radical (unpaired) electrons. The average Bonchev–Trinajstić information content (AvgIpc) is 3.36. The number of phenolic OH excluding ortho intramolecular Hbond substituents is 1. The second-order valence-electron chi connectivity index (χ2n) is 15.9. The Balaban J connectivity index is 0.000000241. The monoisotopic (exact) mass is 1210 g/mol. The van der Waals surface area contributed by atoms with Gasteiger partial charge in [-0.2, -0.15) is 32.2 Å². The molecule has 8 aromatic carbocycles. The van der Waals surface area contributed by atoms with E-state index in [1.807, 2.05) is 0 Å². The van der Waals surface area contributed by atoms with E-state index in [0.717, 1.165) is 0 Å². The Bertz CT molecular complexity index is 3830. The fraction of sp³-hybridized carbons (Fsp3) is 0.115. The molecule has 0 aliphatic heterocycles. The number of ether oxygens (including phenoxy) is 2. The smallest absolute Gasteiger partial charge is 0.871 e. The Labute approximate surface area is 481 Å². The Morgan fingerprint density at radius 2 is 1.09 bits per heavy atom. The molecule has 0 spiro atoms. The van der Waals surface area contributed by atoms with E-state index >= 15 is 0 Å². The van der Waals surface area contributed by atoms with Gasteiger partial charge in [0.15, 0.2) is 5.75 Å². The Hall–Kier alpha value is -6.41. The first kappa shape index (κ1) is 57.9. The van der Waals surface area contributed by atoms with Gasteiger partial charge in [-0.05, 0) is 107 Å². The van der Waals surface area contributed by atoms with Crippen LogP contribution in [-0.4, -0.2) is 106 Å². The number of nitrogens with one attached hydrogen (secondary N) is 1. The number of rotatable bonds is 14. The molecule has 8 aromatic rings. The number of amides is 1. The molecular formula is C52H42BaCl2N6O12S2. The molecule has 18 nitrogen and oxygen atoms in total. The van der Waals surface area contributed by atoms with Crippen LogP contribution in [0.4, 0.5) is 34.1 Å². The third-order valence-corrected chi connectivity index (χ3v) is 13.9. The van der Waals surface area contributed by atoms with Crippen molar-refractivity contribution in [1.29, 1.82) is 0 Å². The zero-order chi connectivity index (χ0) is 53.5. The van der Waals surface area contributed by atoms with Crippen LogP contribution in [0.25, 0.3) is 21.5 Å². The number of aryl methyl sites for hydroxylation is 2. The molecule has 75 heavy (non-hydrogen) atoms. The summed E-state index contributed by atoms with van der Waals surface area (Å²) in [7, 11) is -6.08. The van der Waals surface area contributed by atoms with Gasteiger partial charge in [-0.15, -0.1) is 5.11 Å². The molecule has 0 heterocycles. The summed E-state index contributed by atoms with van der Waals surface area (Å²) in [4.78, 5) is 16.3. The number of carbonyl (C=O) groups is 1. The quantitative estimate of drug-likeness (QED) is 0.0260. The van der Waals surface area contributed by atoms with E-state index in [1.54, 1.807) is 117 Å². The molecule has 0 unspecified atom stereocenters. The van der Waals surface area contributed by atoms with Crippen LogP contribution in [0, 0.1) is 0 Å². The normalized spacial score (nSPS) is 11.9. The van der Waals surface area contributed by atoms with Crippen molar-refractivity contribution >= 4 is 160 Å². The summed E-state index contributed by atoms with van der Waals surface area (Å²) < 4.78 is 76.2. The van der Waals surface area contributed by atoms with Gasteiger partial charge in [-0.25, -0.2) is 0 Å². The first-order valence-corrected chi connectivity index (χ1v) is 25.6. The van der Waals surface area contributed by atoms with Gasteiger partial charge >= 0.3 is 48.9 Å². The molecule has 23 heteroatoms. The van der Waals surface area contributed by atoms with Crippen molar-refractivity contribution in [3.63, 3.8) is 0 Å². The number of halogens is 2. The third kappa shape index (κ3) is 13.7. The van der Waals surface area contributed by atoms with Gasteiger partial charge < -0.3 is 30.1 Å². The minimum atomic E-state index is -4.55. The van der Waals surface area contributed by atoms with Crippen LogP contribution in [0.3, 0.4) is 0 Å². The molecule has 380 valence electrons. The molecule has 0 aliphatic carbocycles. The number of benzene rings is 8. The van der Waals surface area contributed by atoms with Gasteiger partial charge in [0.25, 0.3) is 26.1 Å². The van der Waals surface area contributed by atoms with Crippen LogP contribution < -0.4 is 25.0 Å². The number of aliphatic imine (C=N–C) groups is 1. The summed E-state index contributed by atoms with van der Waals surface area (Å²) in [5.41, 5.74) is 1.38. The maximum Gasteiger partial charge on any atom is 2.00 e. The minimum Gasteiger partial charge on any atom is -0.871 e. The molecule has 0 bridgehead atoms. The summed E-state index contributed by atoms with van der Waals surface area (Å²) in [5, 5.41) is 58.4. The van der Waals surface area contributed by atoms with Crippen LogP contribution in [0.1, 0.15) is 40.9 Å². The SMILES string of the molecule is CCc1cc(N=Nc2c(O)c(C(=O)Nc3cccc(OC)c3)cc3ccccc23)cc(Cl)c1S(=O)(=O)O.CCc1cc(N=Nc2c([O-])c(C([O-])=Nc3cccc(OC)c3)cc3ccccc23)cc(Cl)c1S(=O)(=O)O.[Ba+2]. The van der Waals surface area contributed by atoms with Crippen LogP contribution >= 0.6 is 23.2 Å². The van der Waals surface area contributed by atoms with E-state index in [-0.39, 0.29) is 127 Å². The zero-order valence-electron chi connectivity index (χ0n) is 40.1. The fourth-order valence-corrected chi connectivity index (χ4v) is 10.4. The molecule has 0 saturated heterocycles. The van der Waals surface area contributed by atoms with Gasteiger partial charge in [-0.1, -0.05) is 103 Å². The van der Waals surface area contributed by atoms with Gasteiger partial charge in [0.05, 0.1) is 52.6 Å². The summed E-state index contributed by atoms with van der Waals surface area (Å²) in [6.07, 6.45) is 0.496. The van der Waals surface area contributed by atoms with E-state index in [4.69, 9.17) is 32.7 Å². The van der Waals surface area contributed by atoms with Crippen LogP contribution in [0.15, 0.2) is 169 Å². The van der Waals surface area contributed by atoms with Crippen molar-refractivity contribution in [2.24, 2.45) is 25.4 Å². The summed E-state index contributed by atoms with van der Waals surface area (Å²) in [6, 6.07) is 35.5. The molecule has 0 fully saturated rings. The number of nitrogens with zero attached hydrogens (tertiary/aromatic N) is 5. The number of hydrogen-bond donors (Lipinski definition) is 4. The van der Waals surface area contributed by atoms with Gasteiger partial charge in [0.2, 0.25) is 0 Å². The van der Waals surface area contributed by atoms with Gasteiger partial charge in [0.1, 0.15) is 27.0 Å². The second kappa shape index (κ2) is 25.0. The van der Waals surface area contributed by atoms with E-state index in [1.165, 1.54) is 44.6 Å². The van der Waals surface area contributed by atoms with E-state index in [0.29, 0.717) is 44.4 Å². The molecule has 0 atom stereocenters. The molecule has 1 amide bonds. The van der Waals surface area contributed by atoms with Crippen molar-refractivity contribution in [3.05, 3.63) is 166 Å². The number of anilines is 1. The second-order valence-corrected chi connectivity index (χ2v) is 19.4. The predicted octanol–water partition coefficient (Wildman–Crippen LogP) is 11.5. The van der Waals surface area contributed by atoms with Crippen molar-refractivity contribution < 1.29 is 55.5 Å². The van der Waals surface area contributed by atoms with Crippen LogP contribution in [-0.2, 0) is 33.1 Å². The molecular weight excluding hydrogens is 1170 g/mol. The predicted molar refractivity (Wildman–Crippen MR) is 285 cm³/mol. The molecule has 0 aromatic heterocycles. The third-order valence-electron chi connectivity index (χ3n) is 11.1. The van der Waals surface area contributed by atoms with E-state index in [9.17, 15) is 46.1 Å². The number of fused-ring (bicyclic) bond motifs is 2. The van der Waals surface area contributed by atoms with Crippen LogP contribution in [0.5, 0.6) is 23.0 Å². The van der Waals surface area contributed by atoms with E-state index < -0.39 is 42.7 Å². The first-order chi connectivity index (χ1) is 35.2. The Kier molecular flexibility index (Phi) is 19.3. The van der Waals surface area contributed by atoms with Gasteiger partial charge in [-0.3, -0.25) is 18.9 Å². The number of carbonyl (C=O) groups excluding carboxylic acids is 1. The number of methoxy groups -OCH3 is 2. The Morgan fingerprint density at radius 1 is 0.613 bits per heavy atom. The zero-order valence-corrected chi connectivity index (χ0v) is 47.7. The maximum atomic E-state index is 13.3. The van der Waals surface area contributed by atoms with E-state index in [2.05, 4.69) is 30.8 Å². The molecule has 0 saturated carbocycles. The van der Waals surface area contributed by atoms with Crippen molar-refractivity contribution in [1.82, 2.24) is 0 Å². The molecule has 8 rings (SSSR count). The van der Waals surface area contributed by atoms with Gasteiger partial charge in [0, 0.05) is 28.6 Å². The maximum absolute atomic E-state index is 13.3. The number of aromatic hydroxyl groups is 1. The molecule has 4 N–H and O–H groups in total. The van der Waals surface area contributed by atoms with Crippen molar-refractivity contribution in [2.75, 3.05) is 19.5 Å². The number of hydrogen-bond acceptors (Lipinski definition) is 15. The Morgan fingerprint density at radius 3 is 1.61 bits per heavy atom. The number of azo groups is 2. The molecule has 0 aliphatic rings.